The molecule has 1 saturated heterocycles. The van der Waals surface area contributed by atoms with Crippen LogP contribution in [-0.4, -0.2) is 59.6 Å². The molecule has 2 fully saturated rings. The molecular formula is C19H24F3N3O3. The molecule has 0 radical (unpaired) electrons. The molecule has 3 N–H and O–H groups in total. The zero-order chi connectivity index (χ0) is 20.3. The van der Waals surface area contributed by atoms with Crippen LogP contribution in [-0.2, 0) is 11.0 Å². The van der Waals surface area contributed by atoms with Crippen LogP contribution in [0.25, 0.3) is 0 Å². The van der Waals surface area contributed by atoms with Crippen molar-refractivity contribution in [2.75, 3.05) is 19.6 Å². The Morgan fingerprint density at radius 2 is 1.82 bits per heavy atom. The van der Waals surface area contributed by atoms with Gasteiger partial charge in [0.1, 0.15) is 0 Å². The molecule has 28 heavy (non-hydrogen) atoms. The molecule has 0 atom stereocenters. The summed E-state index contributed by atoms with van der Waals surface area (Å²) in [6.07, 6.45) is -1.21. The van der Waals surface area contributed by atoms with Crippen LogP contribution in [0, 0.1) is 0 Å². The summed E-state index contributed by atoms with van der Waals surface area (Å²) in [7, 11) is 0. The lowest BCUT2D eigenvalue weighted by molar-refractivity contribution is -0.137. The van der Waals surface area contributed by atoms with E-state index >= 15 is 0 Å². The second-order valence-electron chi connectivity index (χ2n) is 7.44. The van der Waals surface area contributed by atoms with Crippen LogP contribution in [0.1, 0.15) is 41.6 Å². The number of aliphatic hydroxyl groups is 1. The van der Waals surface area contributed by atoms with E-state index < -0.39 is 17.6 Å². The number of halogens is 3. The summed E-state index contributed by atoms with van der Waals surface area (Å²) in [6.45, 7) is 1.17. The van der Waals surface area contributed by atoms with Crippen molar-refractivity contribution in [1.82, 2.24) is 15.5 Å². The number of carbonyl (C=O) groups is 2. The van der Waals surface area contributed by atoms with Gasteiger partial charge < -0.3 is 15.7 Å². The Bertz CT molecular complexity index is 712. The van der Waals surface area contributed by atoms with Crippen molar-refractivity contribution in [1.29, 1.82) is 0 Å². The van der Waals surface area contributed by atoms with Gasteiger partial charge in [-0.15, -0.1) is 0 Å². The number of benzene rings is 1. The fraction of sp³-hybridized carbons (Fsp3) is 0.579. The fourth-order valence-electron chi connectivity index (χ4n) is 3.70. The second kappa shape index (κ2) is 8.48. The minimum Gasteiger partial charge on any atom is -0.393 e. The van der Waals surface area contributed by atoms with E-state index in [9.17, 15) is 27.9 Å². The third kappa shape index (κ3) is 5.23. The quantitative estimate of drug-likeness (QED) is 0.702. The lowest BCUT2D eigenvalue weighted by Gasteiger charge is -2.46. The molecule has 1 aliphatic carbocycles. The number of hydrogen-bond donors (Lipinski definition) is 3. The van der Waals surface area contributed by atoms with E-state index in [2.05, 4.69) is 15.5 Å². The molecule has 2 amide bonds. The van der Waals surface area contributed by atoms with Crippen molar-refractivity contribution < 1.29 is 27.9 Å². The van der Waals surface area contributed by atoms with Gasteiger partial charge in [0.05, 0.1) is 24.3 Å². The van der Waals surface area contributed by atoms with Crippen LogP contribution < -0.4 is 10.6 Å². The minimum atomic E-state index is -4.53. The van der Waals surface area contributed by atoms with Gasteiger partial charge in [-0.3, -0.25) is 14.5 Å². The van der Waals surface area contributed by atoms with E-state index in [0.717, 1.165) is 57.0 Å². The molecule has 1 aliphatic heterocycles. The van der Waals surface area contributed by atoms with Crippen molar-refractivity contribution in [2.24, 2.45) is 0 Å². The Hall–Kier alpha value is -2.13. The van der Waals surface area contributed by atoms with Gasteiger partial charge in [-0.2, -0.15) is 13.2 Å². The van der Waals surface area contributed by atoms with E-state index in [1.807, 2.05) is 0 Å². The van der Waals surface area contributed by atoms with Crippen LogP contribution in [0.2, 0.25) is 0 Å². The Balaban J connectivity index is 1.39. The van der Waals surface area contributed by atoms with Crippen molar-refractivity contribution in [3.63, 3.8) is 0 Å². The van der Waals surface area contributed by atoms with Gasteiger partial charge in [-0.25, -0.2) is 0 Å². The standard InChI is InChI=1S/C19H24F3N3O3/c20-19(21,22)13-3-1-2-12(8-13)18(28)23-9-17(27)24-14-10-25(11-14)15-4-6-16(26)7-5-15/h1-3,8,14-16,26H,4-7,9-11H2,(H,23,28)(H,24,27)/t15-,16-. The number of carbonyl (C=O) groups excluding carboxylic acids is 2. The first-order valence-electron chi connectivity index (χ1n) is 9.39. The molecule has 6 nitrogen and oxygen atoms in total. The highest BCUT2D eigenvalue weighted by Gasteiger charge is 2.35. The molecule has 1 aromatic rings. The van der Waals surface area contributed by atoms with Crippen molar-refractivity contribution in [3.05, 3.63) is 35.4 Å². The Morgan fingerprint density at radius 1 is 1.14 bits per heavy atom. The van der Waals surface area contributed by atoms with Gasteiger partial charge in [0, 0.05) is 24.7 Å². The molecule has 0 unspecified atom stereocenters. The number of amides is 2. The number of rotatable bonds is 5. The van der Waals surface area contributed by atoms with Gasteiger partial charge in [0.25, 0.3) is 5.91 Å². The van der Waals surface area contributed by atoms with Gasteiger partial charge in [-0.05, 0) is 43.9 Å². The van der Waals surface area contributed by atoms with Crippen LogP contribution >= 0.6 is 0 Å². The van der Waals surface area contributed by atoms with Crippen molar-refractivity contribution >= 4 is 11.8 Å². The molecule has 1 aromatic carbocycles. The number of alkyl halides is 3. The molecule has 1 saturated carbocycles. The highest BCUT2D eigenvalue weighted by Crippen LogP contribution is 2.29. The number of nitrogens with zero attached hydrogens (tertiary/aromatic N) is 1. The number of aliphatic hydroxyl groups excluding tert-OH is 1. The second-order valence-corrected chi connectivity index (χ2v) is 7.44. The third-order valence-electron chi connectivity index (χ3n) is 5.32. The molecular weight excluding hydrogens is 375 g/mol. The molecule has 3 rings (SSSR count). The molecule has 2 aliphatic rings. The van der Waals surface area contributed by atoms with Gasteiger partial charge in [0.15, 0.2) is 0 Å². The average Bonchev–Trinajstić information content (AvgIpc) is 2.63. The molecule has 9 heteroatoms. The Morgan fingerprint density at radius 3 is 2.46 bits per heavy atom. The van der Waals surface area contributed by atoms with Crippen LogP contribution in [0.3, 0.4) is 0 Å². The molecule has 0 bridgehead atoms. The van der Waals surface area contributed by atoms with Gasteiger partial charge >= 0.3 is 6.18 Å². The van der Waals surface area contributed by atoms with E-state index in [-0.39, 0.29) is 30.2 Å². The van der Waals surface area contributed by atoms with Crippen LogP contribution in [0.15, 0.2) is 24.3 Å². The first kappa shape index (κ1) is 20.6. The fourth-order valence-corrected chi connectivity index (χ4v) is 3.70. The van der Waals surface area contributed by atoms with Crippen molar-refractivity contribution in [3.8, 4) is 0 Å². The maximum absolute atomic E-state index is 12.7. The first-order chi connectivity index (χ1) is 13.2. The summed E-state index contributed by atoms with van der Waals surface area (Å²) < 4.78 is 38.1. The predicted molar refractivity (Wildman–Crippen MR) is 95.5 cm³/mol. The van der Waals surface area contributed by atoms with Gasteiger partial charge in [0.2, 0.25) is 5.91 Å². The van der Waals surface area contributed by atoms with Crippen LogP contribution in [0.5, 0.6) is 0 Å². The Kier molecular flexibility index (Phi) is 6.24. The first-order valence-corrected chi connectivity index (χ1v) is 9.39. The maximum Gasteiger partial charge on any atom is 0.416 e. The SMILES string of the molecule is O=C(CNC(=O)c1cccc(C(F)(F)F)c1)NC1CN([C@H]2CC[C@H](O)CC2)C1. The highest BCUT2D eigenvalue weighted by atomic mass is 19.4. The molecule has 154 valence electrons. The average molecular weight is 399 g/mol. The van der Waals surface area contributed by atoms with E-state index in [4.69, 9.17) is 0 Å². The van der Waals surface area contributed by atoms with E-state index in [1.165, 1.54) is 6.07 Å². The molecule has 0 spiro atoms. The monoisotopic (exact) mass is 399 g/mol. The molecule has 0 aromatic heterocycles. The van der Waals surface area contributed by atoms with Gasteiger partial charge in [-0.1, -0.05) is 6.07 Å². The smallest absolute Gasteiger partial charge is 0.393 e. The zero-order valence-corrected chi connectivity index (χ0v) is 15.3. The summed E-state index contributed by atoms with van der Waals surface area (Å²) in [5.41, 5.74) is -1.05. The predicted octanol–water partition coefficient (Wildman–Crippen LogP) is 1.54. The third-order valence-corrected chi connectivity index (χ3v) is 5.32. The zero-order valence-electron chi connectivity index (χ0n) is 15.3. The minimum absolute atomic E-state index is 0.00445. The lowest BCUT2D eigenvalue weighted by Crippen LogP contribution is -2.63. The number of nitrogens with one attached hydrogen (secondary N) is 2. The topological polar surface area (TPSA) is 81.7 Å². The lowest BCUT2D eigenvalue weighted by atomic mass is 9.89. The largest absolute Gasteiger partial charge is 0.416 e. The summed E-state index contributed by atoms with van der Waals surface area (Å²) in [5.74, 6) is -1.10. The summed E-state index contributed by atoms with van der Waals surface area (Å²) >= 11 is 0. The Labute approximate surface area is 161 Å². The number of likely N-dealkylation sites (tertiary alicyclic amines) is 1. The summed E-state index contributed by atoms with van der Waals surface area (Å²) in [6, 6.07) is 4.53. The summed E-state index contributed by atoms with van der Waals surface area (Å²) in [5, 5.41) is 14.7. The van der Waals surface area contributed by atoms with Crippen LogP contribution in [0.4, 0.5) is 13.2 Å². The maximum atomic E-state index is 12.7. The van der Waals surface area contributed by atoms with Crippen molar-refractivity contribution in [2.45, 2.75) is 50.0 Å². The molecule has 1 heterocycles. The van der Waals surface area contributed by atoms with E-state index in [0.29, 0.717) is 6.04 Å². The number of hydrogen-bond acceptors (Lipinski definition) is 4. The van der Waals surface area contributed by atoms with E-state index in [1.54, 1.807) is 0 Å². The highest BCUT2D eigenvalue weighted by molar-refractivity contribution is 5.96. The normalized spacial score (nSPS) is 23.7. The summed E-state index contributed by atoms with van der Waals surface area (Å²) in [4.78, 5) is 26.2.